The van der Waals surface area contributed by atoms with Crippen LogP contribution in [0.4, 0.5) is 5.69 Å². The van der Waals surface area contributed by atoms with Crippen LogP contribution in [0.25, 0.3) is 0 Å². The highest BCUT2D eigenvalue weighted by molar-refractivity contribution is 9.09. The molecule has 1 aromatic carbocycles. The van der Waals surface area contributed by atoms with E-state index in [4.69, 9.17) is 0 Å². The van der Waals surface area contributed by atoms with Crippen molar-refractivity contribution in [3.05, 3.63) is 30.3 Å². The van der Waals surface area contributed by atoms with Crippen LogP contribution in [0, 0.1) is 0 Å². The van der Waals surface area contributed by atoms with Crippen LogP contribution >= 0.6 is 15.9 Å². The summed E-state index contributed by atoms with van der Waals surface area (Å²) >= 11 is 3.10. The summed E-state index contributed by atoms with van der Waals surface area (Å²) in [6.07, 6.45) is -0.515. The molecule has 0 heterocycles. The van der Waals surface area contributed by atoms with E-state index in [0.717, 1.165) is 5.69 Å². The van der Waals surface area contributed by atoms with E-state index >= 15 is 0 Å². The maximum atomic E-state index is 11.3. The average molecular weight is 258 g/mol. The second kappa shape index (κ2) is 5.78. The van der Waals surface area contributed by atoms with Crippen molar-refractivity contribution in [2.24, 2.45) is 0 Å². The third-order valence-electron chi connectivity index (χ3n) is 1.66. The monoisotopic (exact) mass is 257 g/mol. The number of benzene rings is 1. The first-order chi connectivity index (χ1) is 6.72. The zero-order valence-electron chi connectivity index (χ0n) is 7.61. The normalized spacial score (nSPS) is 12.1. The van der Waals surface area contributed by atoms with Crippen LogP contribution in [-0.2, 0) is 4.79 Å². The molecule has 0 bridgehead atoms. The largest absolute Gasteiger partial charge is 0.392 e. The Morgan fingerprint density at radius 1 is 1.43 bits per heavy atom. The molecule has 3 nitrogen and oxygen atoms in total. The molecule has 1 aromatic rings. The molecule has 0 unspecified atom stereocenters. The third kappa shape index (κ3) is 3.89. The van der Waals surface area contributed by atoms with Gasteiger partial charge in [0.15, 0.2) is 0 Å². The Hall–Kier alpha value is -0.870. The number of halogens is 1. The molecule has 2 N–H and O–H groups in total. The summed E-state index contributed by atoms with van der Waals surface area (Å²) in [5.74, 6) is -0.178. The van der Waals surface area contributed by atoms with Gasteiger partial charge in [0.05, 0.1) is 12.5 Å². The lowest BCUT2D eigenvalue weighted by molar-refractivity contribution is -0.117. The molecule has 76 valence electrons. The fourth-order valence-corrected chi connectivity index (χ4v) is 1.23. The number of alkyl halides is 1. The predicted octanol–water partition coefficient (Wildman–Crippen LogP) is 1.77. The lowest BCUT2D eigenvalue weighted by Crippen LogP contribution is -2.20. The van der Waals surface area contributed by atoms with Crippen molar-refractivity contribution in [2.75, 3.05) is 10.6 Å². The van der Waals surface area contributed by atoms with Gasteiger partial charge in [-0.1, -0.05) is 34.1 Å². The van der Waals surface area contributed by atoms with Crippen LogP contribution in [0.1, 0.15) is 6.42 Å². The minimum Gasteiger partial charge on any atom is -0.392 e. The summed E-state index contributed by atoms with van der Waals surface area (Å²) in [5.41, 5.74) is 0.749. The van der Waals surface area contributed by atoms with Gasteiger partial charge in [0.1, 0.15) is 0 Å². The van der Waals surface area contributed by atoms with Gasteiger partial charge in [-0.15, -0.1) is 0 Å². The van der Waals surface area contributed by atoms with Crippen LogP contribution in [0.2, 0.25) is 0 Å². The highest BCUT2D eigenvalue weighted by Crippen LogP contribution is 2.06. The molecule has 0 saturated heterocycles. The minimum absolute atomic E-state index is 0.111. The molecule has 0 aliphatic heterocycles. The van der Waals surface area contributed by atoms with Crippen LogP contribution in [0.3, 0.4) is 0 Å². The first-order valence-electron chi connectivity index (χ1n) is 4.31. The van der Waals surface area contributed by atoms with Gasteiger partial charge in [-0.3, -0.25) is 4.79 Å². The Morgan fingerprint density at radius 2 is 2.07 bits per heavy atom. The molecule has 14 heavy (non-hydrogen) atoms. The van der Waals surface area contributed by atoms with Gasteiger partial charge in [-0.25, -0.2) is 0 Å². The van der Waals surface area contributed by atoms with Gasteiger partial charge in [0.25, 0.3) is 0 Å². The first kappa shape index (κ1) is 11.2. The van der Waals surface area contributed by atoms with Crippen LogP contribution in [0.5, 0.6) is 0 Å². The molecule has 0 radical (unpaired) electrons. The number of carbonyl (C=O) groups excluding carboxylic acids is 1. The number of anilines is 1. The summed E-state index contributed by atoms with van der Waals surface area (Å²) < 4.78 is 0. The van der Waals surface area contributed by atoms with Crippen molar-refractivity contribution < 1.29 is 9.90 Å². The Morgan fingerprint density at radius 3 is 2.64 bits per heavy atom. The van der Waals surface area contributed by atoms with Crippen molar-refractivity contribution in [3.8, 4) is 0 Å². The second-order valence-corrected chi connectivity index (χ2v) is 3.57. The van der Waals surface area contributed by atoms with Crippen molar-refractivity contribution >= 4 is 27.5 Å². The SMILES string of the molecule is O=C(C[C@@H](O)CBr)Nc1ccccc1. The molecule has 0 aliphatic rings. The number of para-hydroxylation sites is 1. The van der Waals surface area contributed by atoms with Crippen molar-refractivity contribution in [3.63, 3.8) is 0 Å². The molecule has 0 fully saturated rings. The maximum Gasteiger partial charge on any atom is 0.227 e. The number of aliphatic hydroxyl groups is 1. The Kier molecular flexibility index (Phi) is 4.62. The van der Waals surface area contributed by atoms with E-state index in [1.54, 1.807) is 12.1 Å². The Labute approximate surface area is 91.3 Å². The van der Waals surface area contributed by atoms with Gasteiger partial charge in [-0.2, -0.15) is 0 Å². The van der Waals surface area contributed by atoms with E-state index in [-0.39, 0.29) is 12.3 Å². The molecule has 0 spiro atoms. The van der Waals surface area contributed by atoms with Crippen molar-refractivity contribution in [1.29, 1.82) is 0 Å². The average Bonchev–Trinajstić information content (AvgIpc) is 2.19. The summed E-state index contributed by atoms with van der Waals surface area (Å²) in [6.45, 7) is 0. The molecule has 4 heteroatoms. The lowest BCUT2D eigenvalue weighted by Gasteiger charge is -2.07. The van der Waals surface area contributed by atoms with E-state index in [9.17, 15) is 9.90 Å². The molecule has 1 rings (SSSR count). The number of aliphatic hydroxyl groups excluding tert-OH is 1. The number of rotatable bonds is 4. The van der Waals surface area contributed by atoms with Gasteiger partial charge < -0.3 is 10.4 Å². The van der Waals surface area contributed by atoms with Crippen molar-refractivity contribution in [1.82, 2.24) is 0 Å². The smallest absolute Gasteiger partial charge is 0.227 e. The van der Waals surface area contributed by atoms with E-state index in [0.29, 0.717) is 5.33 Å². The molecule has 1 atom stereocenters. The number of amides is 1. The lowest BCUT2D eigenvalue weighted by atomic mass is 10.2. The van der Waals surface area contributed by atoms with Gasteiger partial charge in [0.2, 0.25) is 5.91 Å². The Balaban J connectivity index is 2.42. The van der Waals surface area contributed by atoms with E-state index in [2.05, 4.69) is 21.2 Å². The van der Waals surface area contributed by atoms with Crippen LogP contribution in [0.15, 0.2) is 30.3 Å². The molecule has 0 aromatic heterocycles. The minimum atomic E-state index is -0.626. The van der Waals surface area contributed by atoms with E-state index in [1.807, 2.05) is 18.2 Å². The molecule has 0 aliphatic carbocycles. The third-order valence-corrected chi connectivity index (χ3v) is 2.40. The summed E-state index contributed by atoms with van der Waals surface area (Å²) in [7, 11) is 0. The quantitative estimate of drug-likeness (QED) is 0.808. The molecular formula is C10H12BrNO2. The number of carbonyl (C=O) groups is 1. The topological polar surface area (TPSA) is 49.3 Å². The highest BCUT2D eigenvalue weighted by Gasteiger charge is 2.08. The molecular weight excluding hydrogens is 246 g/mol. The van der Waals surface area contributed by atoms with Gasteiger partial charge in [-0.05, 0) is 12.1 Å². The standard InChI is InChI=1S/C10H12BrNO2/c11-7-9(13)6-10(14)12-8-4-2-1-3-5-8/h1-5,9,13H,6-7H2,(H,12,14)/t9-/m1/s1. The molecule has 1 amide bonds. The zero-order valence-corrected chi connectivity index (χ0v) is 9.20. The van der Waals surface area contributed by atoms with Crippen molar-refractivity contribution in [2.45, 2.75) is 12.5 Å². The first-order valence-corrected chi connectivity index (χ1v) is 5.43. The number of nitrogens with one attached hydrogen (secondary N) is 1. The maximum absolute atomic E-state index is 11.3. The van der Waals surface area contributed by atoms with Gasteiger partial charge >= 0.3 is 0 Å². The number of hydrogen-bond acceptors (Lipinski definition) is 2. The van der Waals surface area contributed by atoms with E-state index in [1.165, 1.54) is 0 Å². The summed E-state index contributed by atoms with van der Waals surface area (Å²) in [4.78, 5) is 11.3. The van der Waals surface area contributed by atoms with E-state index < -0.39 is 6.10 Å². The zero-order chi connectivity index (χ0) is 10.4. The fraction of sp³-hybridized carbons (Fsp3) is 0.300. The fourth-order valence-electron chi connectivity index (χ4n) is 1.00. The highest BCUT2D eigenvalue weighted by atomic mass is 79.9. The summed E-state index contributed by atoms with van der Waals surface area (Å²) in [6, 6.07) is 9.17. The van der Waals surface area contributed by atoms with Crippen LogP contribution in [-0.4, -0.2) is 22.4 Å². The number of hydrogen-bond donors (Lipinski definition) is 2. The Bertz CT molecular complexity index is 289. The second-order valence-electron chi connectivity index (χ2n) is 2.93. The molecule has 0 saturated carbocycles. The predicted molar refractivity (Wildman–Crippen MR) is 59.5 cm³/mol. The van der Waals surface area contributed by atoms with Gasteiger partial charge in [0, 0.05) is 11.0 Å². The summed E-state index contributed by atoms with van der Waals surface area (Å²) in [5, 5.41) is 12.3. The van der Waals surface area contributed by atoms with Crippen LogP contribution < -0.4 is 5.32 Å².